The molecular weight excluding hydrogens is 244 g/mol. The maximum Gasteiger partial charge on any atom is 0.159 e. The van der Waals surface area contributed by atoms with Gasteiger partial charge in [0.1, 0.15) is 0 Å². The first-order valence-corrected chi connectivity index (χ1v) is 7.27. The molecule has 3 heteroatoms. The van der Waals surface area contributed by atoms with Crippen molar-refractivity contribution in [3.8, 4) is 0 Å². The van der Waals surface area contributed by atoms with E-state index in [0.717, 1.165) is 37.8 Å². The van der Waals surface area contributed by atoms with Gasteiger partial charge in [-0.15, -0.1) is 0 Å². The second-order valence-corrected chi connectivity index (χ2v) is 5.13. The largest absolute Gasteiger partial charge is 0.314 e. The van der Waals surface area contributed by atoms with Crippen molar-refractivity contribution in [1.82, 2.24) is 5.32 Å². The monoisotopic (exact) mass is 269 g/mol. The topological polar surface area (TPSA) is 12.0 Å². The molecule has 0 heterocycles. The standard InChI is InChI=1S/C16H25F2N/c1-4-12(5-2)9-14(19-6-3)10-13-7-8-15(17)16(18)11-13/h7-8,11-12,14,19H,4-6,9-10H2,1-3H3. The number of nitrogens with one attached hydrogen (secondary N) is 1. The van der Waals surface area contributed by atoms with Gasteiger partial charge in [0.05, 0.1) is 0 Å². The van der Waals surface area contributed by atoms with Crippen LogP contribution in [0.2, 0.25) is 0 Å². The summed E-state index contributed by atoms with van der Waals surface area (Å²) < 4.78 is 26.1. The van der Waals surface area contributed by atoms with Crippen LogP contribution >= 0.6 is 0 Å². The van der Waals surface area contributed by atoms with Crippen LogP contribution in [0.3, 0.4) is 0 Å². The van der Waals surface area contributed by atoms with E-state index in [0.29, 0.717) is 12.0 Å². The number of likely N-dealkylation sites (N-methyl/N-ethyl adjacent to an activating group) is 1. The van der Waals surface area contributed by atoms with E-state index >= 15 is 0 Å². The molecule has 0 aliphatic carbocycles. The maximum absolute atomic E-state index is 13.2. The van der Waals surface area contributed by atoms with Gasteiger partial charge < -0.3 is 5.32 Å². The second kappa shape index (κ2) is 8.26. The van der Waals surface area contributed by atoms with Crippen molar-refractivity contribution >= 4 is 0 Å². The first-order valence-electron chi connectivity index (χ1n) is 7.27. The highest BCUT2D eigenvalue weighted by atomic mass is 19.2. The van der Waals surface area contributed by atoms with E-state index < -0.39 is 11.6 Å². The molecule has 0 spiro atoms. The van der Waals surface area contributed by atoms with Gasteiger partial charge in [0.25, 0.3) is 0 Å². The summed E-state index contributed by atoms with van der Waals surface area (Å²) in [5.74, 6) is -0.839. The molecule has 1 atom stereocenters. The third-order valence-corrected chi connectivity index (χ3v) is 3.73. The van der Waals surface area contributed by atoms with Crippen LogP contribution in [-0.2, 0) is 6.42 Å². The Morgan fingerprint density at radius 1 is 1.05 bits per heavy atom. The van der Waals surface area contributed by atoms with E-state index in [-0.39, 0.29) is 0 Å². The summed E-state index contributed by atoms with van der Waals surface area (Å²) in [7, 11) is 0. The minimum absolute atomic E-state index is 0.333. The number of halogens is 2. The Labute approximate surface area is 115 Å². The number of benzene rings is 1. The van der Waals surface area contributed by atoms with Crippen LogP contribution in [0, 0.1) is 17.6 Å². The lowest BCUT2D eigenvalue weighted by molar-refractivity contribution is 0.367. The molecule has 1 aromatic carbocycles. The molecule has 1 N–H and O–H groups in total. The molecule has 0 aromatic heterocycles. The Morgan fingerprint density at radius 2 is 1.74 bits per heavy atom. The number of hydrogen-bond acceptors (Lipinski definition) is 1. The highest BCUT2D eigenvalue weighted by Gasteiger charge is 2.14. The van der Waals surface area contributed by atoms with Crippen LogP contribution in [0.4, 0.5) is 8.78 Å². The number of rotatable bonds is 8. The fourth-order valence-electron chi connectivity index (χ4n) is 2.50. The van der Waals surface area contributed by atoms with Crippen molar-refractivity contribution in [2.45, 2.75) is 52.5 Å². The average Bonchev–Trinajstić information content (AvgIpc) is 2.40. The summed E-state index contributed by atoms with van der Waals surface area (Å²) >= 11 is 0. The van der Waals surface area contributed by atoms with Crippen molar-refractivity contribution in [2.24, 2.45) is 5.92 Å². The van der Waals surface area contributed by atoms with E-state index in [1.165, 1.54) is 12.1 Å². The van der Waals surface area contributed by atoms with E-state index in [4.69, 9.17) is 0 Å². The van der Waals surface area contributed by atoms with Crippen LogP contribution in [-0.4, -0.2) is 12.6 Å². The highest BCUT2D eigenvalue weighted by molar-refractivity contribution is 5.18. The molecule has 1 unspecified atom stereocenters. The van der Waals surface area contributed by atoms with E-state index in [2.05, 4.69) is 26.1 Å². The normalized spacial score (nSPS) is 12.9. The van der Waals surface area contributed by atoms with Crippen molar-refractivity contribution in [1.29, 1.82) is 0 Å². The third-order valence-electron chi connectivity index (χ3n) is 3.73. The van der Waals surface area contributed by atoms with Gasteiger partial charge >= 0.3 is 0 Å². The molecule has 1 nitrogen and oxygen atoms in total. The molecule has 0 aliphatic heterocycles. The summed E-state index contributed by atoms with van der Waals surface area (Å²) in [4.78, 5) is 0. The van der Waals surface area contributed by atoms with E-state index in [1.54, 1.807) is 6.07 Å². The lowest BCUT2D eigenvalue weighted by atomic mass is 9.91. The fraction of sp³-hybridized carbons (Fsp3) is 0.625. The van der Waals surface area contributed by atoms with Gasteiger partial charge in [-0.3, -0.25) is 0 Å². The van der Waals surface area contributed by atoms with E-state index in [1.807, 2.05) is 0 Å². The maximum atomic E-state index is 13.2. The summed E-state index contributed by atoms with van der Waals surface area (Å²) in [6, 6.07) is 4.53. The predicted molar refractivity (Wildman–Crippen MR) is 76.2 cm³/mol. The zero-order chi connectivity index (χ0) is 14.3. The molecule has 1 rings (SSSR count). The Bertz CT molecular complexity index is 375. The van der Waals surface area contributed by atoms with Crippen LogP contribution in [0.5, 0.6) is 0 Å². The quantitative estimate of drug-likeness (QED) is 0.741. The van der Waals surface area contributed by atoms with Gasteiger partial charge in [0.2, 0.25) is 0 Å². The van der Waals surface area contributed by atoms with Crippen molar-refractivity contribution in [2.75, 3.05) is 6.54 Å². The van der Waals surface area contributed by atoms with Crippen LogP contribution in [0.15, 0.2) is 18.2 Å². The summed E-state index contributed by atoms with van der Waals surface area (Å²) in [5.41, 5.74) is 0.857. The first-order chi connectivity index (χ1) is 9.10. The molecule has 0 amide bonds. The van der Waals surface area contributed by atoms with Gasteiger partial charge in [-0.25, -0.2) is 8.78 Å². The van der Waals surface area contributed by atoms with Crippen molar-refractivity contribution in [3.05, 3.63) is 35.4 Å². The van der Waals surface area contributed by atoms with Crippen molar-refractivity contribution < 1.29 is 8.78 Å². The molecule has 0 fully saturated rings. The molecule has 0 saturated heterocycles. The summed E-state index contributed by atoms with van der Waals surface area (Å²) in [5, 5.41) is 3.45. The predicted octanol–water partition coefficient (Wildman–Crippen LogP) is 4.31. The van der Waals surface area contributed by atoms with Crippen LogP contribution in [0.1, 0.15) is 45.6 Å². The smallest absolute Gasteiger partial charge is 0.159 e. The Kier molecular flexibility index (Phi) is 7.00. The third kappa shape index (κ3) is 5.27. The minimum atomic E-state index is -0.774. The van der Waals surface area contributed by atoms with Crippen LogP contribution < -0.4 is 5.32 Å². The lowest BCUT2D eigenvalue weighted by Gasteiger charge is -2.23. The molecular formula is C16H25F2N. The van der Waals surface area contributed by atoms with Gasteiger partial charge in [-0.2, -0.15) is 0 Å². The molecule has 1 aromatic rings. The molecule has 0 radical (unpaired) electrons. The van der Waals surface area contributed by atoms with Gasteiger partial charge in [0, 0.05) is 6.04 Å². The summed E-state index contributed by atoms with van der Waals surface area (Å²) in [6.45, 7) is 7.38. The van der Waals surface area contributed by atoms with Gasteiger partial charge in [0.15, 0.2) is 11.6 Å². The molecule has 19 heavy (non-hydrogen) atoms. The highest BCUT2D eigenvalue weighted by Crippen LogP contribution is 2.18. The lowest BCUT2D eigenvalue weighted by Crippen LogP contribution is -2.33. The van der Waals surface area contributed by atoms with Gasteiger partial charge in [-0.1, -0.05) is 39.7 Å². The Balaban J connectivity index is 2.68. The SMILES string of the molecule is CCNC(Cc1ccc(F)c(F)c1)CC(CC)CC. The average molecular weight is 269 g/mol. The van der Waals surface area contributed by atoms with Crippen LogP contribution in [0.25, 0.3) is 0 Å². The minimum Gasteiger partial charge on any atom is -0.314 e. The zero-order valence-electron chi connectivity index (χ0n) is 12.2. The first kappa shape index (κ1) is 16.1. The zero-order valence-corrected chi connectivity index (χ0v) is 12.2. The Hall–Kier alpha value is -0.960. The van der Waals surface area contributed by atoms with Crippen molar-refractivity contribution in [3.63, 3.8) is 0 Å². The summed E-state index contributed by atoms with van der Waals surface area (Å²) in [6.07, 6.45) is 4.16. The van der Waals surface area contributed by atoms with Gasteiger partial charge in [-0.05, 0) is 43.0 Å². The molecule has 0 saturated carbocycles. The van der Waals surface area contributed by atoms with E-state index in [9.17, 15) is 8.78 Å². The molecule has 0 aliphatic rings. The second-order valence-electron chi connectivity index (χ2n) is 5.13. The Morgan fingerprint density at radius 3 is 2.26 bits per heavy atom. The molecule has 108 valence electrons. The number of hydrogen-bond donors (Lipinski definition) is 1. The molecule has 0 bridgehead atoms. The fourth-order valence-corrected chi connectivity index (χ4v) is 2.50.